The Balaban J connectivity index is 1.51. The minimum atomic E-state index is -4.30. The van der Waals surface area contributed by atoms with Crippen molar-refractivity contribution >= 4 is 5.91 Å². The molecule has 156 valence electrons. The summed E-state index contributed by atoms with van der Waals surface area (Å²) < 4.78 is 38.6. The number of rotatable bonds is 6. The lowest BCUT2D eigenvalue weighted by Gasteiger charge is -2.34. The molecule has 0 spiro atoms. The fourth-order valence-corrected chi connectivity index (χ4v) is 3.97. The van der Waals surface area contributed by atoms with Gasteiger partial charge in [0.05, 0.1) is 5.56 Å². The quantitative estimate of drug-likeness (QED) is 0.695. The van der Waals surface area contributed by atoms with Crippen LogP contribution in [0.3, 0.4) is 0 Å². The van der Waals surface area contributed by atoms with Gasteiger partial charge in [0.25, 0.3) is 5.91 Å². The van der Waals surface area contributed by atoms with Gasteiger partial charge in [0.15, 0.2) is 0 Å². The van der Waals surface area contributed by atoms with Gasteiger partial charge in [-0.3, -0.25) is 4.79 Å². The van der Waals surface area contributed by atoms with Gasteiger partial charge >= 0.3 is 6.18 Å². The summed E-state index contributed by atoms with van der Waals surface area (Å²) in [5.41, 5.74) is 0.804. The van der Waals surface area contributed by atoms with E-state index < -0.39 is 11.7 Å². The van der Waals surface area contributed by atoms with Gasteiger partial charge in [0.1, 0.15) is 0 Å². The molecule has 0 unspecified atom stereocenters. The van der Waals surface area contributed by atoms with Crippen molar-refractivity contribution in [2.24, 2.45) is 5.92 Å². The van der Waals surface area contributed by atoms with E-state index in [-0.39, 0.29) is 5.91 Å². The Morgan fingerprint density at radius 2 is 1.90 bits per heavy atom. The van der Waals surface area contributed by atoms with Gasteiger partial charge in [0.2, 0.25) is 0 Å². The number of hydrogen-bond donors (Lipinski definition) is 0. The number of carbonyl (C=O) groups excluding carboxylic acids is 1. The number of nitrogens with zero attached hydrogens (tertiary/aromatic N) is 2. The van der Waals surface area contributed by atoms with Crippen LogP contribution >= 0.6 is 0 Å². The largest absolute Gasteiger partial charge is 0.416 e. The van der Waals surface area contributed by atoms with E-state index in [9.17, 15) is 18.0 Å². The van der Waals surface area contributed by atoms with Gasteiger partial charge in [-0.2, -0.15) is 13.2 Å². The Labute approximate surface area is 170 Å². The minimum absolute atomic E-state index is 0.0201. The van der Waals surface area contributed by atoms with Crippen molar-refractivity contribution in [3.05, 3.63) is 71.3 Å². The average molecular weight is 404 g/mol. The third-order valence-corrected chi connectivity index (χ3v) is 5.47. The number of hydrogen-bond acceptors (Lipinski definition) is 2. The molecule has 1 saturated heterocycles. The summed E-state index contributed by atoms with van der Waals surface area (Å²) in [5.74, 6) is 0.398. The molecule has 0 saturated carbocycles. The van der Waals surface area contributed by atoms with Gasteiger partial charge in [-0.05, 0) is 55.5 Å². The summed E-state index contributed by atoms with van der Waals surface area (Å²) in [5, 5.41) is 0. The molecule has 2 aromatic carbocycles. The van der Waals surface area contributed by atoms with Gasteiger partial charge < -0.3 is 9.80 Å². The molecule has 0 radical (unpaired) electrons. The molecular formula is C23H27F3N2O. The number of amides is 1. The SMILES string of the molecule is CN(C[C@@H]1CCCN(CCc2cccc(C(F)(F)F)c2)C1)C(=O)c1ccccc1. The van der Waals surface area contributed by atoms with Gasteiger partial charge in [-0.1, -0.05) is 36.4 Å². The maximum Gasteiger partial charge on any atom is 0.416 e. The highest BCUT2D eigenvalue weighted by Crippen LogP contribution is 2.29. The molecule has 0 aromatic heterocycles. The molecule has 1 heterocycles. The summed E-state index contributed by atoms with van der Waals surface area (Å²) in [4.78, 5) is 16.6. The summed E-state index contributed by atoms with van der Waals surface area (Å²) in [7, 11) is 1.83. The molecule has 1 fully saturated rings. The first kappa shape index (κ1) is 21.4. The smallest absolute Gasteiger partial charge is 0.341 e. The zero-order chi connectivity index (χ0) is 20.9. The molecule has 29 heavy (non-hydrogen) atoms. The third-order valence-electron chi connectivity index (χ3n) is 5.47. The molecule has 2 aromatic rings. The number of alkyl halides is 3. The lowest BCUT2D eigenvalue weighted by molar-refractivity contribution is -0.137. The second-order valence-electron chi connectivity index (χ2n) is 7.81. The Kier molecular flexibility index (Phi) is 6.96. The second kappa shape index (κ2) is 9.44. The van der Waals surface area contributed by atoms with Crippen molar-refractivity contribution in [3.63, 3.8) is 0 Å². The Bertz CT molecular complexity index is 807. The van der Waals surface area contributed by atoms with E-state index in [0.717, 1.165) is 38.5 Å². The van der Waals surface area contributed by atoms with Crippen LogP contribution in [0.1, 0.15) is 34.3 Å². The molecule has 1 atom stereocenters. The third kappa shape index (κ3) is 6.07. The highest BCUT2D eigenvalue weighted by molar-refractivity contribution is 5.93. The molecule has 1 aliphatic heterocycles. The summed E-state index contributed by atoms with van der Waals surface area (Å²) in [6.07, 6.45) is -1.61. The maximum atomic E-state index is 12.9. The van der Waals surface area contributed by atoms with Crippen LogP contribution in [0.25, 0.3) is 0 Å². The molecule has 1 amide bonds. The number of likely N-dealkylation sites (tertiary alicyclic amines) is 1. The number of benzene rings is 2. The number of carbonyl (C=O) groups is 1. The van der Waals surface area contributed by atoms with E-state index in [1.807, 2.05) is 37.4 Å². The first-order valence-corrected chi connectivity index (χ1v) is 10.0. The Morgan fingerprint density at radius 3 is 2.62 bits per heavy atom. The van der Waals surface area contributed by atoms with Crippen LogP contribution in [0.2, 0.25) is 0 Å². The molecular weight excluding hydrogens is 377 g/mol. The van der Waals surface area contributed by atoms with Crippen LogP contribution in [0.4, 0.5) is 13.2 Å². The zero-order valence-electron chi connectivity index (χ0n) is 16.7. The molecule has 0 bridgehead atoms. The van der Waals surface area contributed by atoms with Crippen molar-refractivity contribution in [2.45, 2.75) is 25.4 Å². The van der Waals surface area contributed by atoms with Crippen molar-refractivity contribution in [1.29, 1.82) is 0 Å². The lowest BCUT2D eigenvalue weighted by atomic mass is 9.96. The molecule has 0 N–H and O–H groups in total. The summed E-state index contributed by atoms with van der Waals surface area (Å²) >= 11 is 0. The van der Waals surface area contributed by atoms with E-state index in [1.54, 1.807) is 11.0 Å². The standard InChI is InChI=1S/C23H27F3N2O/c1-27(22(29)20-9-3-2-4-10-20)16-19-8-6-13-28(17-19)14-12-18-7-5-11-21(15-18)23(24,25)26/h2-5,7,9-11,15,19H,6,8,12-14,16-17H2,1H3/t19-/m0/s1. The number of halogens is 3. The Morgan fingerprint density at radius 1 is 1.14 bits per heavy atom. The van der Waals surface area contributed by atoms with Gasteiger partial charge in [-0.15, -0.1) is 0 Å². The van der Waals surface area contributed by atoms with Crippen LogP contribution in [-0.2, 0) is 12.6 Å². The zero-order valence-corrected chi connectivity index (χ0v) is 16.7. The van der Waals surface area contributed by atoms with Crippen LogP contribution < -0.4 is 0 Å². The molecule has 6 heteroatoms. The lowest BCUT2D eigenvalue weighted by Crippen LogP contribution is -2.42. The van der Waals surface area contributed by atoms with E-state index >= 15 is 0 Å². The van der Waals surface area contributed by atoms with E-state index in [4.69, 9.17) is 0 Å². The molecule has 1 aliphatic rings. The van der Waals surface area contributed by atoms with Crippen LogP contribution in [0.15, 0.2) is 54.6 Å². The van der Waals surface area contributed by atoms with Crippen molar-refractivity contribution in [3.8, 4) is 0 Å². The molecule has 3 nitrogen and oxygen atoms in total. The van der Waals surface area contributed by atoms with Crippen molar-refractivity contribution in [1.82, 2.24) is 9.80 Å². The summed E-state index contributed by atoms with van der Waals surface area (Å²) in [6.45, 7) is 3.24. The predicted octanol–water partition coefficient (Wildman–Crippen LogP) is 4.73. The van der Waals surface area contributed by atoms with Crippen molar-refractivity contribution in [2.75, 3.05) is 33.2 Å². The van der Waals surface area contributed by atoms with E-state index in [2.05, 4.69) is 4.90 Å². The van der Waals surface area contributed by atoms with Crippen LogP contribution in [0, 0.1) is 5.92 Å². The maximum absolute atomic E-state index is 12.9. The Hall–Kier alpha value is -2.34. The highest BCUT2D eigenvalue weighted by atomic mass is 19.4. The second-order valence-corrected chi connectivity index (χ2v) is 7.81. The monoisotopic (exact) mass is 404 g/mol. The normalized spacial score (nSPS) is 17.9. The van der Waals surface area contributed by atoms with Gasteiger partial charge in [-0.25, -0.2) is 0 Å². The first-order valence-electron chi connectivity index (χ1n) is 10.0. The minimum Gasteiger partial charge on any atom is -0.341 e. The summed E-state index contributed by atoms with van der Waals surface area (Å²) in [6, 6.07) is 14.8. The highest BCUT2D eigenvalue weighted by Gasteiger charge is 2.30. The van der Waals surface area contributed by atoms with E-state index in [0.29, 0.717) is 30.0 Å². The fraction of sp³-hybridized carbons (Fsp3) is 0.435. The number of piperidine rings is 1. The van der Waals surface area contributed by atoms with Crippen LogP contribution in [-0.4, -0.2) is 48.9 Å². The molecule has 0 aliphatic carbocycles. The average Bonchev–Trinajstić information content (AvgIpc) is 2.72. The van der Waals surface area contributed by atoms with Crippen LogP contribution in [0.5, 0.6) is 0 Å². The predicted molar refractivity (Wildman–Crippen MR) is 108 cm³/mol. The topological polar surface area (TPSA) is 23.6 Å². The molecule has 3 rings (SSSR count). The fourth-order valence-electron chi connectivity index (χ4n) is 3.97. The van der Waals surface area contributed by atoms with E-state index in [1.165, 1.54) is 12.1 Å². The van der Waals surface area contributed by atoms with Crippen molar-refractivity contribution < 1.29 is 18.0 Å². The van der Waals surface area contributed by atoms with Gasteiger partial charge in [0, 0.05) is 32.2 Å². The first-order chi connectivity index (χ1) is 13.8.